The third-order valence-corrected chi connectivity index (χ3v) is 4.78. The number of aryl methyl sites for hydroxylation is 2. The summed E-state index contributed by atoms with van der Waals surface area (Å²) in [7, 11) is 0. The molecule has 0 unspecified atom stereocenters. The van der Waals surface area contributed by atoms with Crippen molar-refractivity contribution in [2.45, 2.75) is 59.0 Å². The van der Waals surface area contributed by atoms with Gasteiger partial charge in [-0.25, -0.2) is 14.6 Å². The number of aromatic nitrogens is 6. The van der Waals surface area contributed by atoms with Gasteiger partial charge in [0.15, 0.2) is 5.65 Å². The van der Waals surface area contributed by atoms with Crippen LogP contribution in [0.25, 0.3) is 5.65 Å². The largest absolute Gasteiger partial charge is 0.360 e. The van der Waals surface area contributed by atoms with Gasteiger partial charge in [0.2, 0.25) is 0 Å². The Hall–Kier alpha value is -2.44. The molecule has 1 N–H and O–H groups in total. The van der Waals surface area contributed by atoms with E-state index in [9.17, 15) is 0 Å². The van der Waals surface area contributed by atoms with Crippen molar-refractivity contribution in [3.8, 4) is 0 Å². The van der Waals surface area contributed by atoms with Crippen molar-refractivity contribution >= 4 is 11.5 Å². The minimum absolute atomic E-state index is 0.151. The van der Waals surface area contributed by atoms with E-state index < -0.39 is 0 Å². The fourth-order valence-electron chi connectivity index (χ4n) is 3.25. The van der Waals surface area contributed by atoms with Crippen LogP contribution in [-0.2, 0) is 6.54 Å². The molecule has 0 amide bonds. The maximum atomic E-state index is 4.75. The van der Waals surface area contributed by atoms with Gasteiger partial charge in [-0.15, -0.1) is 0 Å². The van der Waals surface area contributed by atoms with E-state index >= 15 is 0 Å². The Kier molecular flexibility index (Phi) is 3.94. The SMILES string of the molecule is CCn1ncnc1[C@H](Nc1cc(C(C)C)nc2cc(C)nn12)C1CC1. The summed E-state index contributed by atoms with van der Waals surface area (Å²) in [5.41, 5.74) is 2.93. The van der Waals surface area contributed by atoms with Crippen molar-refractivity contribution in [3.63, 3.8) is 0 Å². The van der Waals surface area contributed by atoms with E-state index in [0.717, 1.165) is 35.2 Å². The first-order chi connectivity index (χ1) is 12.1. The van der Waals surface area contributed by atoms with Crippen LogP contribution in [0.4, 0.5) is 5.82 Å². The van der Waals surface area contributed by atoms with Crippen molar-refractivity contribution in [3.05, 3.63) is 35.7 Å². The lowest BCUT2D eigenvalue weighted by Gasteiger charge is -2.20. The molecule has 0 aliphatic heterocycles. The average molecular weight is 339 g/mol. The fraction of sp³-hybridized carbons (Fsp3) is 0.556. The van der Waals surface area contributed by atoms with Gasteiger partial charge in [0.1, 0.15) is 18.0 Å². The second-order valence-corrected chi connectivity index (χ2v) is 7.17. The van der Waals surface area contributed by atoms with E-state index in [4.69, 9.17) is 4.98 Å². The highest BCUT2D eigenvalue weighted by Crippen LogP contribution is 2.42. The molecule has 132 valence electrons. The molecule has 3 aromatic rings. The Morgan fingerprint density at radius 2 is 2.08 bits per heavy atom. The van der Waals surface area contributed by atoms with Crippen molar-refractivity contribution in [1.82, 2.24) is 29.4 Å². The van der Waals surface area contributed by atoms with E-state index in [1.165, 1.54) is 12.8 Å². The molecule has 0 spiro atoms. The normalized spacial score (nSPS) is 15.9. The standard InChI is InChI=1S/C18H25N7/c1-5-24-18(19-10-20-24)17(13-6-7-13)22-16-9-14(11(2)3)21-15-8-12(4)23-25(15)16/h8-11,13,17,22H,5-7H2,1-4H3/t17-/m1/s1. The summed E-state index contributed by atoms with van der Waals surface area (Å²) in [4.78, 5) is 9.28. The zero-order valence-electron chi connectivity index (χ0n) is 15.3. The van der Waals surface area contributed by atoms with Crippen LogP contribution in [0.3, 0.4) is 0 Å². The third-order valence-electron chi connectivity index (χ3n) is 4.78. The molecule has 0 aromatic carbocycles. The average Bonchev–Trinajstić information content (AvgIpc) is 3.18. The van der Waals surface area contributed by atoms with Gasteiger partial charge < -0.3 is 5.32 Å². The van der Waals surface area contributed by atoms with Crippen molar-refractivity contribution in [2.75, 3.05) is 5.32 Å². The lowest BCUT2D eigenvalue weighted by Crippen LogP contribution is -2.21. The molecule has 0 saturated heterocycles. The van der Waals surface area contributed by atoms with Gasteiger partial charge in [-0.1, -0.05) is 13.8 Å². The summed E-state index contributed by atoms with van der Waals surface area (Å²) in [6, 6.07) is 4.29. The van der Waals surface area contributed by atoms with Crippen LogP contribution in [0.15, 0.2) is 18.5 Å². The number of fused-ring (bicyclic) bond motifs is 1. The monoisotopic (exact) mass is 339 g/mol. The van der Waals surface area contributed by atoms with Crippen molar-refractivity contribution in [2.24, 2.45) is 5.92 Å². The maximum absolute atomic E-state index is 4.75. The molecule has 1 atom stereocenters. The molecule has 0 bridgehead atoms. The van der Waals surface area contributed by atoms with E-state index in [1.807, 2.05) is 22.2 Å². The zero-order valence-corrected chi connectivity index (χ0v) is 15.3. The number of hydrogen-bond donors (Lipinski definition) is 1. The highest BCUT2D eigenvalue weighted by Gasteiger charge is 2.35. The number of nitrogens with zero attached hydrogens (tertiary/aromatic N) is 6. The third kappa shape index (κ3) is 2.99. The summed E-state index contributed by atoms with van der Waals surface area (Å²) < 4.78 is 3.88. The lowest BCUT2D eigenvalue weighted by atomic mass is 10.1. The molecule has 7 heteroatoms. The summed E-state index contributed by atoms with van der Waals surface area (Å²) in [6.07, 6.45) is 4.09. The zero-order chi connectivity index (χ0) is 17.6. The molecule has 1 aliphatic rings. The molecule has 3 heterocycles. The van der Waals surface area contributed by atoms with Crippen molar-refractivity contribution < 1.29 is 0 Å². The summed E-state index contributed by atoms with van der Waals surface area (Å²) >= 11 is 0. The molecule has 3 aromatic heterocycles. The minimum Gasteiger partial charge on any atom is -0.360 e. The van der Waals surface area contributed by atoms with Gasteiger partial charge >= 0.3 is 0 Å². The topological polar surface area (TPSA) is 72.9 Å². The first-order valence-corrected chi connectivity index (χ1v) is 9.08. The van der Waals surface area contributed by atoms with E-state index in [2.05, 4.69) is 47.3 Å². The lowest BCUT2D eigenvalue weighted by molar-refractivity contribution is 0.543. The Morgan fingerprint density at radius 3 is 2.76 bits per heavy atom. The molecule has 7 nitrogen and oxygen atoms in total. The van der Waals surface area contributed by atoms with Crippen LogP contribution in [0, 0.1) is 12.8 Å². The second-order valence-electron chi connectivity index (χ2n) is 7.17. The van der Waals surface area contributed by atoms with Gasteiger partial charge in [0.25, 0.3) is 0 Å². The van der Waals surface area contributed by atoms with Crippen LogP contribution in [0.2, 0.25) is 0 Å². The summed E-state index contributed by atoms with van der Waals surface area (Å²) in [5, 5.41) is 12.7. The molecule has 1 saturated carbocycles. The van der Waals surface area contributed by atoms with Crippen LogP contribution in [0.5, 0.6) is 0 Å². The van der Waals surface area contributed by atoms with Crippen LogP contribution >= 0.6 is 0 Å². The first-order valence-electron chi connectivity index (χ1n) is 9.08. The highest BCUT2D eigenvalue weighted by atomic mass is 15.4. The molecule has 25 heavy (non-hydrogen) atoms. The smallest absolute Gasteiger partial charge is 0.157 e. The highest BCUT2D eigenvalue weighted by molar-refractivity contribution is 5.51. The second kappa shape index (κ2) is 6.13. The van der Waals surface area contributed by atoms with E-state index in [1.54, 1.807) is 6.33 Å². The Bertz CT molecular complexity index is 888. The van der Waals surface area contributed by atoms with Gasteiger partial charge in [0, 0.05) is 24.4 Å². The van der Waals surface area contributed by atoms with E-state index in [-0.39, 0.29) is 6.04 Å². The van der Waals surface area contributed by atoms with Crippen LogP contribution in [-0.4, -0.2) is 29.4 Å². The summed E-state index contributed by atoms with van der Waals surface area (Å²) in [6.45, 7) is 9.25. The molecule has 1 fully saturated rings. The Morgan fingerprint density at radius 1 is 1.28 bits per heavy atom. The predicted molar refractivity (Wildman–Crippen MR) is 96.6 cm³/mol. The van der Waals surface area contributed by atoms with Gasteiger partial charge in [-0.3, -0.25) is 0 Å². The molecule has 4 rings (SSSR count). The molecular formula is C18H25N7. The Balaban J connectivity index is 1.77. The molecule has 1 aliphatic carbocycles. The molecular weight excluding hydrogens is 314 g/mol. The maximum Gasteiger partial charge on any atom is 0.157 e. The Labute approximate surface area is 147 Å². The first kappa shape index (κ1) is 16.1. The van der Waals surface area contributed by atoms with Crippen LogP contribution in [0.1, 0.15) is 62.8 Å². The molecule has 0 radical (unpaired) electrons. The summed E-state index contributed by atoms with van der Waals surface area (Å²) in [5.74, 6) is 2.94. The number of nitrogens with one attached hydrogen (secondary N) is 1. The van der Waals surface area contributed by atoms with Gasteiger partial charge in [-0.05, 0) is 38.5 Å². The number of anilines is 1. The fourth-order valence-corrected chi connectivity index (χ4v) is 3.25. The van der Waals surface area contributed by atoms with Crippen molar-refractivity contribution in [1.29, 1.82) is 0 Å². The minimum atomic E-state index is 0.151. The quantitative estimate of drug-likeness (QED) is 0.746. The van der Waals surface area contributed by atoms with E-state index in [0.29, 0.717) is 11.8 Å². The number of hydrogen-bond acceptors (Lipinski definition) is 5. The van der Waals surface area contributed by atoms with Crippen LogP contribution < -0.4 is 5.32 Å². The van der Waals surface area contributed by atoms with Gasteiger partial charge in [-0.2, -0.15) is 14.7 Å². The van der Waals surface area contributed by atoms with Gasteiger partial charge in [0.05, 0.1) is 11.7 Å². The predicted octanol–water partition coefficient (Wildman–Crippen LogP) is 3.34. The number of rotatable bonds is 6.